The lowest BCUT2D eigenvalue weighted by atomic mass is 10.2. The van der Waals surface area contributed by atoms with Crippen LogP contribution in [-0.4, -0.2) is 30.5 Å². The van der Waals surface area contributed by atoms with E-state index in [2.05, 4.69) is 65.5 Å². The molecule has 0 saturated carbocycles. The summed E-state index contributed by atoms with van der Waals surface area (Å²) < 4.78 is 1.06. The fraction of sp³-hybridized carbons (Fsp3) is 0.136. The molecule has 2 aromatic carbocycles. The molecule has 0 aliphatic rings. The van der Waals surface area contributed by atoms with Gasteiger partial charge in [0.25, 0.3) is 0 Å². The van der Waals surface area contributed by atoms with Crippen molar-refractivity contribution in [2.45, 2.75) is 6.92 Å². The lowest BCUT2D eigenvalue weighted by Gasteiger charge is -2.11. The Morgan fingerprint density at radius 2 is 1.89 bits per heavy atom. The number of hydrogen-bond acceptors (Lipinski definition) is 5. The summed E-state index contributed by atoms with van der Waals surface area (Å²) in [5.74, 6) is 0. The first-order valence-electron chi connectivity index (χ1n) is 8.82. The third-order valence-electron chi connectivity index (χ3n) is 4.04. The Morgan fingerprint density at radius 1 is 1.07 bits per heavy atom. The predicted molar refractivity (Wildman–Crippen MR) is 118 cm³/mol. The number of aromatic nitrogens is 2. The van der Waals surface area contributed by atoms with Crippen molar-refractivity contribution < 1.29 is 4.79 Å². The summed E-state index contributed by atoms with van der Waals surface area (Å²) >= 11 is 1.59. The number of fused-ring (bicyclic) bond motifs is 1. The summed E-state index contributed by atoms with van der Waals surface area (Å²) in [6, 6.07) is 18.0. The van der Waals surface area contributed by atoms with Crippen LogP contribution in [0.15, 0.2) is 67.0 Å². The van der Waals surface area contributed by atoms with Gasteiger partial charge in [-0.25, -0.2) is 4.98 Å². The van der Waals surface area contributed by atoms with E-state index in [1.165, 1.54) is 11.3 Å². The van der Waals surface area contributed by atoms with Crippen molar-refractivity contribution in [3.63, 3.8) is 0 Å². The molecular weight excluding hydrogens is 368 g/mol. The molecule has 6 heteroatoms. The molecule has 0 bridgehead atoms. The van der Waals surface area contributed by atoms with Gasteiger partial charge in [0, 0.05) is 43.4 Å². The molecule has 0 saturated heterocycles. The quantitative estimate of drug-likeness (QED) is 0.499. The average Bonchev–Trinajstić information content (AvgIpc) is 3.13. The molecule has 142 valence electrons. The molecule has 4 rings (SSSR count). The molecule has 0 spiro atoms. The highest BCUT2D eigenvalue weighted by molar-refractivity contribution is 7.21. The second-order valence-corrected chi connectivity index (χ2v) is 7.47. The second-order valence-electron chi connectivity index (χ2n) is 6.44. The van der Waals surface area contributed by atoms with Crippen molar-refractivity contribution in [3.8, 4) is 10.6 Å². The molecule has 1 N–H and O–H groups in total. The van der Waals surface area contributed by atoms with Crippen LogP contribution in [0.1, 0.15) is 5.56 Å². The third kappa shape index (κ3) is 4.92. The normalized spacial score (nSPS) is 10.1. The molecule has 0 atom stereocenters. The van der Waals surface area contributed by atoms with Gasteiger partial charge in [0.15, 0.2) is 0 Å². The van der Waals surface area contributed by atoms with Gasteiger partial charge in [-0.3, -0.25) is 9.78 Å². The summed E-state index contributed by atoms with van der Waals surface area (Å²) in [5.41, 5.74) is 5.27. The fourth-order valence-electron chi connectivity index (χ4n) is 2.62. The Hall–Kier alpha value is -3.25. The van der Waals surface area contributed by atoms with Gasteiger partial charge in [0.05, 0.1) is 10.2 Å². The maximum atomic E-state index is 10.4. The van der Waals surface area contributed by atoms with Gasteiger partial charge in [0.2, 0.25) is 6.41 Å². The minimum Gasteiger partial charge on any atom is -0.378 e. The van der Waals surface area contributed by atoms with Gasteiger partial charge in [-0.05, 0) is 42.8 Å². The molecule has 4 aromatic rings. The molecule has 0 aliphatic heterocycles. The maximum absolute atomic E-state index is 10.4. The number of benzene rings is 2. The highest BCUT2D eigenvalue weighted by Gasteiger charge is 2.06. The number of anilines is 2. The zero-order chi connectivity index (χ0) is 19.9. The van der Waals surface area contributed by atoms with Crippen molar-refractivity contribution in [1.29, 1.82) is 0 Å². The largest absolute Gasteiger partial charge is 0.378 e. The van der Waals surface area contributed by atoms with Crippen LogP contribution in [0.25, 0.3) is 20.8 Å². The highest BCUT2D eigenvalue weighted by Crippen LogP contribution is 2.30. The Bertz CT molecular complexity index is 1040. The molecule has 2 heterocycles. The van der Waals surface area contributed by atoms with Crippen molar-refractivity contribution in [3.05, 3.63) is 72.6 Å². The van der Waals surface area contributed by atoms with E-state index in [-0.39, 0.29) is 0 Å². The number of pyridine rings is 1. The summed E-state index contributed by atoms with van der Waals surface area (Å²) in [4.78, 5) is 21.2. The van der Waals surface area contributed by atoms with Crippen molar-refractivity contribution in [2.24, 2.45) is 0 Å². The Labute approximate surface area is 168 Å². The molecule has 1 amide bonds. The van der Waals surface area contributed by atoms with E-state index in [1.807, 2.05) is 36.5 Å². The average molecular weight is 391 g/mol. The van der Waals surface area contributed by atoms with Crippen molar-refractivity contribution >= 4 is 39.3 Å². The van der Waals surface area contributed by atoms with Crippen LogP contribution in [0.2, 0.25) is 0 Å². The minimum atomic E-state index is 0.668. The minimum absolute atomic E-state index is 0.668. The number of amides is 1. The standard InChI is InChI=1S/C13H9N3OS.C9H13N/c17-8-15-10-3-1-2-9(6-10)13-16-11-4-5-14-7-12(11)18-13;1-8-5-4-6-9(7-8)10(2)3/h1-8H,(H,15,17);4-7H,1-3H3. The van der Waals surface area contributed by atoms with Gasteiger partial charge < -0.3 is 10.2 Å². The number of carbonyl (C=O) groups excluding carboxylic acids is 1. The van der Waals surface area contributed by atoms with Gasteiger partial charge in [-0.15, -0.1) is 11.3 Å². The Balaban J connectivity index is 0.000000192. The van der Waals surface area contributed by atoms with Crippen molar-refractivity contribution in [2.75, 3.05) is 24.3 Å². The lowest BCUT2D eigenvalue weighted by molar-refractivity contribution is -0.105. The van der Waals surface area contributed by atoms with Gasteiger partial charge in [-0.1, -0.05) is 24.3 Å². The highest BCUT2D eigenvalue weighted by atomic mass is 32.1. The molecule has 2 aromatic heterocycles. The van der Waals surface area contributed by atoms with Crippen LogP contribution in [0, 0.1) is 6.92 Å². The van der Waals surface area contributed by atoms with Crippen LogP contribution >= 0.6 is 11.3 Å². The van der Waals surface area contributed by atoms with Gasteiger partial charge in [0.1, 0.15) is 5.01 Å². The Kier molecular flexibility index (Phi) is 6.34. The topological polar surface area (TPSA) is 58.1 Å². The molecule has 5 nitrogen and oxygen atoms in total. The van der Waals surface area contributed by atoms with Crippen LogP contribution in [0.5, 0.6) is 0 Å². The molecule has 0 fully saturated rings. The van der Waals surface area contributed by atoms with E-state index >= 15 is 0 Å². The van der Waals surface area contributed by atoms with E-state index in [0.29, 0.717) is 6.41 Å². The molecular formula is C22H22N4OS. The van der Waals surface area contributed by atoms with E-state index in [4.69, 9.17) is 0 Å². The van der Waals surface area contributed by atoms with Gasteiger partial charge >= 0.3 is 0 Å². The number of nitrogens with zero attached hydrogens (tertiary/aromatic N) is 3. The van der Waals surface area contributed by atoms with Crippen LogP contribution in [-0.2, 0) is 4.79 Å². The first-order chi connectivity index (χ1) is 13.6. The molecule has 28 heavy (non-hydrogen) atoms. The van der Waals surface area contributed by atoms with E-state index in [1.54, 1.807) is 17.5 Å². The van der Waals surface area contributed by atoms with E-state index in [9.17, 15) is 4.79 Å². The van der Waals surface area contributed by atoms with E-state index < -0.39 is 0 Å². The molecule has 0 aliphatic carbocycles. The lowest BCUT2D eigenvalue weighted by Crippen LogP contribution is -2.08. The summed E-state index contributed by atoms with van der Waals surface area (Å²) in [6.45, 7) is 2.10. The smallest absolute Gasteiger partial charge is 0.211 e. The fourth-order valence-corrected chi connectivity index (χ4v) is 3.55. The first kappa shape index (κ1) is 19.5. The van der Waals surface area contributed by atoms with Crippen molar-refractivity contribution in [1.82, 2.24) is 9.97 Å². The van der Waals surface area contributed by atoms with Gasteiger partial charge in [-0.2, -0.15) is 0 Å². The van der Waals surface area contributed by atoms with Crippen LogP contribution in [0.4, 0.5) is 11.4 Å². The maximum Gasteiger partial charge on any atom is 0.211 e. The zero-order valence-corrected chi connectivity index (χ0v) is 16.9. The van der Waals surface area contributed by atoms with Crippen LogP contribution in [0.3, 0.4) is 0 Å². The number of carbonyl (C=O) groups is 1. The predicted octanol–water partition coefficient (Wildman–Crippen LogP) is 4.99. The summed E-state index contributed by atoms with van der Waals surface area (Å²) in [6.07, 6.45) is 4.21. The molecule has 0 unspecified atom stereocenters. The number of thiazole rings is 1. The second kappa shape index (κ2) is 9.10. The Morgan fingerprint density at radius 3 is 2.57 bits per heavy atom. The first-order valence-corrected chi connectivity index (χ1v) is 9.63. The summed E-state index contributed by atoms with van der Waals surface area (Å²) in [5, 5.41) is 3.56. The number of rotatable bonds is 4. The van der Waals surface area contributed by atoms with E-state index in [0.717, 1.165) is 26.5 Å². The number of nitrogens with one attached hydrogen (secondary N) is 1. The monoisotopic (exact) mass is 390 g/mol. The number of hydrogen-bond donors (Lipinski definition) is 1. The summed E-state index contributed by atoms with van der Waals surface area (Å²) in [7, 11) is 4.10. The number of aryl methyl sites for hydroxylation is 1. The van der Waals surface area contributed by atoms with Crippen LogP contribution < -0.4 is 10.2 Å². The molecule has 0 radical (unpaired) electrons. The zero-order valence-electron chi connectivity index (χ0n) is 16.1. The SMILES string of the molecule is Cc1cccc(N(C)C)c1.O=CNc1cccc(-c2nc3ccncc3s2)c1. The third-order valence-corrected chi connectivity index (χ3v) is 5.10.